The molecule has 144 valence electrons. The quantitative estimate of drug-likeness (QED) is 0.736. The van der Waals surface area contributed by atoms with Crippen LogP contribution in [0, 0.1) is 0 Å². The molecule has 0 bridgehead atoms. The highest BCUT2D eigenvalue weighted by Gasteiger charge is 2.23. The van der Waals surface area contributed by atoms with Gasteiger partial charge in [0.1, 0.15) is 0 Å². The van der Waals surface area contributed by atoms with Gasteiger partial charge in [0.15, 0.2) is 0 Å². The molecule has 1 aromatic carbocycles. The number of hydrogen-bond donors (Lipinski definition) is 1. The molecule has 2 aromatic rings. The second-order valence-corrected chi connectivity index (χ2v) is 8.89. The number of H-pyrrole nitrogens is 1. The van der Waals surface area contributed by atoms with Crippen LogP contribution in [0.1, 0.15) is 12.0 Å². The van der Waals surface area contributed by atoms with E-state index in [0.717, 1.165) is 56.1 Å². The minimum atomic E-state index is 0.786. The number of aromatic amines is 1. The zero-order valence-electron chi connectivity index (χ0n) is 15.8. The van der Waals surface area contributed by atoms with Crippen molar-refractivity contribution in [2.24, 2.45) is 0 Å². The van der Waals surface area contributed by atoms with Crippen LogP contribution >= 0.6 is 23.4 Å². The Hall–Kier alpha value is -1.88. The van der Waals surface area contributed by atoms with E-state index in [-0.39, 0.29) is 0 Å². The number of benzene rings is 1. The maximum atomic E-state index is 6.10. The molecule has 1 fully saturated rings. The first-order valence-corrected chi connectivity index (χ1v) is 11.2. The van der Waals surface area contributed by atoms with Gasteiger partial charge in [-0.05, 0) is 47.6 Å². The van der Waals surface area contributed by atoms with Crippen molar-refractivity contribution in [1.82, 2.24) is 14.8 Å². The van der Waals surface area contributed by atoms with E-state index >= 15 is 0 Å². The fourth-order valence-electron chi connectivity index (χ4n) is 4.28. The highest BCUT2D eigenvalue weighted by Crippen LogP contribution is 2.38. The van der Waals surface area contributed by atoms with Crippen LogP contribution in [0.4, 0.5) is 0 Å². The Morgan fingerprint density at radius 3 is 2.93 bits per heavy atom. The van der Waals surface area contributed by atoms with E-state index in [1.165, 1.54) is 27.1 Å². The van der Waals surface area contributed by atoms with Crippen molar-refractivity contribution in [3.63, 3.8) is 0 Å². The molecule has 2 aliphatic heterocycles. The maximum absolute atomic E-state index is 6.10. The Kier molecular flexibility index (Phi) is 5.10. The number of thioether (sulfide) groups is 1. The Morgan fingerprint density at radius 1 is 1.14 bits per heavy atom. The van der Waals surface area contributed by atoms with Crippen LogP contribution in [0.3, 0.4) is 0 Å². The summed E-state index contributed by atoms with van der Waals surface area (Å²) in [6, 6.07) is 6.12. The van der Waals surface area contributed by atoms with Crippen LogP contribution in [-0.4, -0.2) is 47.5 Å². The van der Waals surface area contributed by atoms with Gasteiger partial charge in [0.05, 0.1) is 5.70 Å². The van der Waals surface area contributed by atoms with Crippen LogP contribution in [0.2, 0.25) is 5.02 Å². The van der Waals surface area contributed by atoms with Crippen molar-refractivity contribution in [2.45, 2.75) is 12.8 Å². The van der Waals surface area contributed by atoms with Crippen molar-refractivity contribution in [3.05, 3.63) is 80.9 Å². The molecule has 0 unspecified atom stereocenters. The van der Waals surface area contributed by atoms with Gasteiger partial charge in [-0.1, -0.05) is 47.7 Å². The smallest absolute Gasteiger partial charge is 0.0508 e. The van der Waals surface area contributed by atoms with Gasteiger partial charge >= 0.3 is 0 Å². The molecule has 0 amide bonds. The number of nitrogens with zero attached hydrogens (tertiary/aromatic N) is 2. The van der Waals surface area contributed by atoms with Crippen LogP contribution in [0.25, 0.3) is 10.9 Å². The van der Waals surface area contributed by atoms with Crippen molar-refractivity contribution < 1.29 is 0 Å². The number of piperazine rings is 1. The molecule has 1 saturated heterocycles. The lowest BCUT2D eigenvalue weighted by molar-refractivity contribution is 0.163. The van der Waals surface area contributed by atoms with E-state index in [0.29, 0.717) is 0 Å². The standard InChI is InChI=1S/C23H24ClN3S/c24-19-6-7-20-18(16-25-21(20)15-19)8-9-26-10-12-27(13-11-26)22-5-1-3-17-4-2-14-28-23(17)22/h1-2,4-7,14-16,25H,3,8-13H2. The van der Waals surface area contributed by atoms with Gasteiger partial charge in [-0.15, -0.1) is 0 Å². The summed E-state index contributed by atoms with van der Waals surface area (Å²) < 4.78 is 0. The summed E-state index contributed by atoms with van der Waals surface area (Å²) in [5.74, 6) is 0. The average Bonchev–Trinajstić information content (AvgIpc) is 3.14. The van der Waals surface area contributed by atoms with Crippen molar-refractivity contribution >= 4 is 34.3 Å². The SMILES string of the molecule is Clc1ccc2c(CCN3CCN(C4=C5SC=CC=C5CC=C4)CC3)c[nH]c2c1. The van der Waals surface area contributed by atoms with Gasteiger partial charge in [0.2, 0.25) is 0 Å². The third-order valence-electron chi connectivity index (χ3n) is 5.84. The second kappa shape index (κ2) is 7.86. The number of allylic oxidation sites excluding steroid dienone is 5. The van der Waals surface area contributed by atoms with Crippen LogP contribution in [0.15, 0.2) is 70.3 Å². The number of rotatable bonds is 4. The molecule has 1 aromatic heterocycles. The lowest BCUT2D eigenvalue weighted by Gasteiger charge is -2.38. The van der Waals surface area contributed by atoms with E-state index in [2.05, 4.69) is 56.8 Å². The maximum Gasteiger partial charge on any atom is 0.0508 e. The normalized spacial score (nSPS) is 20.0. The lowest BCUT2D eigenvalue weighted by Crippen LogP contribution is -2.46. The number of nitrogens with one attached hydrogen (secondary N) is 1. The van der Waals surface area contributed by atoms with Gasteiger partial charge in [0, 0.05) is 59.8 Å². The summed E-state index contributed by atoms with van der Waals surface area (Å²) in [6.45, 7) is 5.55. The van der Waals surface area contributed by atoms with Gasteiger partial charge in [-0.3, -0.25) is 4.90 Å². The number of aromatic nitrogens is 1. The molecule has 3 heterocycles. The summed E-state index contributed by atoms with van der Waals surface area (Å²) in [5.41, 5.74) is 5.40. The third kappa shape index (κ3) is 3.57. The van der Waals surface area contributed by atoms with E-state index in [4.69, 9.17) is 11.6 Å². The van der Waals surface area contributed by atoms with Gasteiger partial charge in [0.25, 0.3) is 0 Å². The topological polar surface area (TPSA) is 22.3 Å². The molecule has 0 spiro atoms. The van der Waals surface area contributed by atoms with Crippen LogP contribution in [-0.2, 0) is 6.42 Å². The molecule has 3 nitrogen and oxygen atoms in total. The Morgan fingerprint density at radius 2 is 2.04 bits per heavy atom. The molecule has 0 atom stereocenters. The summed E-state index contributed by atoms with van der Waals surface area (Å²) in [5, 5.41) is 4.28. The zero-order valence-corrected chi connectivity index (χ0v) is 17.4. The molecule has 1 N–H and O–H groups in total. The molecule has 28 heavy (non-hydrogen) atoms. The molecule has 3 aliphatic rings. The van der Waals surface area contributed by atoms with Crippen LogP contribution < -0.4 is 0 Å². The molecule has 0 radical (unpaired) electrons. The second-order valence-electron chi connectivity index (χ2n) is 7.54. The predicted octanol–water partition coefficient (Wildman–Crippen LogP) is 5.34. The van der Waals surface area contributed by atoms with Crippen molar-refractivity contribution in [2.75, 3.05) is 32.7 Å². The lowest BCUT2D eigenvalue weighted by atomic mass is 10.0. The first-order chi connectivity index (χ1) is 13.8. The Bertz CT molecular complexity index is 1010. The minimum Gasteiger partial charge on any atom is -0.368 e. The number of hydrogen-bond acceptors (Lipinski definition) is 3. The largest absolute Gasteiger partial charge is 0.368 e. The Balaban J connectivity index is 1.21. The van der Waals surface area contributed by atoms with Crippen molar-refractivity contribution in [1.29, 1.82) is 0 Å². The predicted molar refractivity (Wildman–Crippen MR) is 121 cm³/mol. The molecule has 5 heteroatoms. The van der Waals surface area contributed by atoms with E-state index in [9.17, 15) is 0 Å². The molecule has 0 saturated carbocycles. The number of fused-ring (bicyclic) bond motifs is 2. The fourth-order valence-corrected chi connectivity index (χ4v) is 5.36. The van der Waals surface area contributed by atoms with Gasteiger partial charge in [-0.2, -0.15) is 0 Å². The molecular formula is C23H24ClN3S. The third-order valence-corrected chi connectivity index (χ3v) is 7.07. The minimum absolute atomic E-state index is 0.786. The monoisotopic (exact) mass is 409 g/mol. The summed E-state index contributed by atoms with van der Waals surface area (Å²) in [6.07, 6.45) is 13.3. The van der Waals surface area contributed by atoms with Gasteiger partial charge in [-0.25, -0.2) is 0 Å². The average molecular weight is 410 g/mol. The van der Waals surface area contributed by atoms with Gasteiger partial charge < -0.3 is 9.88 Å². The molecular weight excluding hydrogens is 386 g/mol. The summed E-state index contributed by atoms with van der Waals surface area (Å²) in [4.78, 5) is 9.97. The van der Waals surface area contributed by atoms with E-state index in [1.54, 1.807) is 0 Å². The van der Waals surface area contributed by atoms with E-state index in [1.807, 2.05) is 23.9 Å². The molecule has 5 rings (SSSR count). The first kappa shape index (κ1) is 18.2. The number of halogens is 1. The molecule has 1 aliphatic carbocycles. The fraction of sp³-hybridized carbons (Fsp3) is 0.304. The summed E-state index contributed by atoms with van der Waals surface area (Å²) >= 11 is 7.97. The van der Waals surface area contributed by atoms with Crippen LogP contribution in [0.5, 0.6) is 0 Å². The highest BCUT2D eigenvalue weighted by atomic mass is 35.5. The van der Waals surface area contributed by atoms with E-state index < -0.39 is 0 Å². The first-order valence-electron chi connectivity index (χ1n) is 9.94. The Labute approximate surface area is 175 Å². The zero-order chi connectivity index (χ0) is 18.9. The summed E-state index contributed by atoms with van der Waals surface area (Å²) in [7, 11) is 0. The highest BCUT2D eigenvalue weighted by molar-refractivity contribution is 8.06. The van der Waals surface area contributed by atoms with Crippen molar-refractivity contribution in [3.8, 4) is 0 Å².